The second-order valence-electron chi connectivity index (χ2n) is 7.77. The first-order valence-corrected chi connectivity index (χ1v) is 9.66. The van der Waals surface area contributed by atoms with E-state index in [0.29, 0.717) is 0 Å². The minimum Gasteiger partial charge on any atom is -0.398 e. The molecule has 0 heterocycles. The Morgan fingerprint density at radius 1 is 1.28 bits per heavy atom. The summed E-state index contributed by atoms with van der Waals surface area (Å²) in [6.45, 7) is 8.48. The Morgan fingerprint density at radius 2 is 2.08 bits per heavy atom. The first-order chi connectivity index (χ1) is 12.1. The minimum atomic E-state index is 0.00655. The molecule has 0 spiro atoms. The Hall–Kier alpha value is -2.02. The van der Waals surface area contributed by atoms with Gasteiger partial charge in [-0.15, -0.1) is 0 Å². The molecule has 2 aliphatic carbocycles. The van der Waals surface area contributed by atoms with Crippen molar-refractivity contribution in [2.24, 2.45) is 5.92 Å². The number of benzene rings is 1. The van der Waals surface area contributed by atoms with Gasteiger partial charge < -0.3 is 5.73 Å². The molecule has 1 atom stereocenters. The molecule has 0 saturated heterocycles. The fraction of sp³-hybridized carbons (Fsp3) is 0.417. The monoisotopic (exact) mass is 333 g/mol. The van der Waals surface area contributed by atoms with Gasteiger partial charge in [0.15, 0.2) is 0 Å². The van der Waals surface area contributed by atoms with Crippen molar-refractivity contribution in [3.8, 4) is 0 Å². The Labute approximate surface area is 153 Å². The van der Waals surface area contributed by atoms with Crippen LogP contribution in [0.15, 0.2) is 60.2 Å². The molecule has 2 N–H and O–H groups in total. The fourth-order valence-electron chi connectivity index (χ4n) is 3.76. The first kappa shape index (κ1) is 17.8. The van der Waals surface area contributed by atoms with Crippen LogP contribution in [0.2, 0.25) is 0 Å². The van der Waals surface area contributed by atoms with E-state index in [0.717, 1.165) is 30.0 Å². The standard InChI is InChI=1S/C24H31N/c1-4-18-7-6-8-21(13-11-18)24(3,16-15-19-9-10-19)22-14-12-20(5-2)23(25)17-22/h5-6,8,11-14,17,19H,2,4,7,9-10,15-16,25H2,1,3H3. The molecule has 1 aromatic rings. The first-order valence-electron chi connectivity index (χ1n) is 9.66. The average Bonchev–Trinajstić information content (AvgIpc) is 3.46. The summed E-state index contributed by atoms with van der Waals surface area (Å²) in [5.41, 5.74) is 12.4. The Kier molecular flexibility index (Phi) is 5.32. The summed E-state index contributed by atoms with van der Waals surface area (Å²) >= 11 is 0. The summed E-state index contributed by atoms with van der Waals surface area (Å²) < 4.78 is 0. The molecule has 1 heteroatoms. The number of anilines is 1. The smallest absolute Gasteiger partial charge is 0.0390 e. The Balaban J connectivity index is 2.00. The maximum absolute atomic E-state index is 6.28. The number of rotatable bonds is 7. The number of nitrogen functional groups attached to an aromatic ring is 1. The van der Waals surface area contributed by atoms with Crippen LogP contribution in [0.5, 0.6) is 0 Å². The van der Waals surface area contributed by atoms with Gasteiger partial charge >= 0.3 is 0 Å². The molecular weight excluding hydrogens is 302 g/mol. The topological polar surface area (TPSA) is 26.0 Å². The minimum absolute atomic E-state index is 0.00655. The van der Waals surface area contributed by atoms with Gasteiger partial charge in [0.25, 0.3) is 0 Å². The van der Waals surface area contributed by atoms with Gasteiger partial charge in [0.1, 0.15) is 0 Å². The van der Waals surface area contributed by atoms with Crippen molar-refractivity contribution in [1.29, 1.82) is 0 Å². The fourth-order valence-corrected chi connectivity index (χ4v) is 3.76. The van der Waals surface area contributed by atoms with E-state index in [1.54, 1.807) is 0 Å². The molecule has 132 valence electrons. The van der Waals surface area contributed by atoms with Gasteiger partial charge in [-0.25, -0.2) is 0 Å². The highest BCUT2D eigenvalue weighted by atomic mass is 14.6. The SMILES string of the molecule is C=Cc1ccc(C(C)(CCC2CC2)C2=CC=C(CC)CC=C2)cc1N. The molecular formula is C24H31N. The van der Waals surface area contributed by atoms with Gasteiger partial charge in [-0.05, 0) is 54.4 Å². The highest BCUT2D eigenvalue weighted by molar-refractivity contribution is 5.65. The zero-order valence-corrected chi connectivity index (χ0v) is 15.7. The lowest BCUT2D eigenvalue weighted by Crippen LogP contribution is -2.24. The quantitative estimate of drug-likeness (QED) is 0.560. The molecule has 3 rings (SSSR count). The number of nitrogens with two attached hydrogens (primary N) is 1. The van der Waals surface area contributed by atoms with Gasteiger partial charge in [0.05, 0.1) is 0 Å². The lowest BCUT2D eigenvalue weighted by atomic mass is 9.71. The molecule has 0 aliphatic heterocycles. The van der Waals surface area contributed by atoms with Gasteiger partial charge in [-0.1, -0.05) is 81.4 Å². The van der Waals surface area contributed by atoms with Crippen LogP contribution in [-0.4, -0.2) is 0 Å². The lowest BCUT2D eigenvalue weighted by Gasteiger charge is -2.32. The molecule has 1 unspecified atom stereocenters. The van der Waals surface area contributed by atoms with E-state index >= 15 is 0 Å². The van der Waals surface area contributed by atoms with E-state index in [2.05, 4.69) is 62.9 Å². The summed E-state index contributed by atoms with van der Waals surface area (Å²) in [7, 11) is 0. The predicted molar refractivity (Wildman–Crippen MR) is 110 cm³/mol. The van der Waals surface area contributed by atoms with Crippen molar-refractivity contribution in [2.45, 2.75) is 57.8 Å². The molecule has 0 aromatic heterocycles. The lowest BCUT2D eigenvalue weighted by molar-refractivity contribution is 0.476. The second kappa shape index (κ2) is 7.47. The molecule has 0 radical (unpaired) electrons. The summed E-state index contributed by atoms with van der Waals surface area (Å²) in [4.78, 5) is 0. The molecule has 1 fully saturated rings. The van der Waals surface area contributed by atoms with Crippen molar-refractivity contribution in [3.05, 3.63) is 71.4 Å². The molecule has 1 aromatic carbocycles. The zero-order chi connectivity index (χ0) is 17.9. The molecule has 2 aliphatic rings. The van der Waals surface area contributed by atoms with Crippen LogP contribution in [0.4, 0.5) is 5.69 Å². The van der Waals surface area contributed by atoms with Crippen LogP contribution in [-0.2, 0) is 5.41 Å². The van der Waals surface area contributed by atoms with Crippen LogP contribution in [0.1, 0.15) is 63.5 Å². The number of hydrogen-bond acceptors (Lipinski definition) is 1. The van der Waals surface area contributed by atoms with Crippen molar-refractivity contribution in [2.75, 3.05) is 5.73 Å². The molecule has 0 amide bonds. The van der Waals surface area contributed by atoms with E-state index in [9.17, 15) is 0 Å². The molecule has 0 bridgehead atoms. The highest BCUT2D eigenvalue weighted by Crippen LogP contribution is 2.44. The molecule has 1 nitrogen and oxygen atoms in total. The highest BCUT2D eigenvalue weighted by Gasteiger charge is 2.33. The van der Waals surface area contributed by atoms with E-state index in [1.165, 1.54) is 42.4 Å². The Morgan fingerprint density at radius 3 is 2.72 bits per heavy atom. The van der Waals surface area contributed by atoms with E-state index < -0.39 is 0 Å². The van der Waals surface area contributed by atoms with Gasteiger partial charge in [0.2, 0.25) is 0 Å². The van der Waals surface area contributed by atoms with Crippen molar-refractivity contribution in [1.82, 2.24) is 0 Å². The van der Waals surface area contributed by atoms with Crippen LogP contribution in [0.3, 0.4) is 0 Å². The summed E-state index contributed by atoms with van der Waals surface area (Å²) in [5.74, 6) is 0.932. The maximum Gasteiger partial charge on any atom is 0.0390 e. The largest absolute Gasteiger partial charge is 0.398 e. The maximum atomic E-state index is 6.28. The van der Waals surface area contributed by atoms with Gasteiger partial charge in [-0.3, -0.25) is 0 Å². The van der Waals surface area contributed by atoms with Crippen molar-refractivity contribution in [3.63, 3.8) is 0 Å². The Bertz CT molecular complexity index is 730. The predicted octanol–water partition coefficient (Wildman–Crippen LogP) is 6.58. The van der Waals surface area contributed by atoms with Gasteiger partial charge in [0, 0.05) is 11.1 Å². The zero-order valence-electron chi connectivity index (χ0n) is 15.7. The van der Waals surface area contributed by atoms with E-state index in [-0.39, 0.29) is 5.41 Å². The second-order valence-corrected chi connectivity index (χ2v) is 7.77. The van der Waals surface area contributed by atoms with Crippen LogP contribution < -0.4 is 5.73 Å². The van der Waals surface area contributed by atoms with Crippen molar-refractivity contribution >= 4 is 11.8 Å². The van der Waals surface area contributed by atoms with Crippen molar-refractivity contribution < 1.29 is 0 Å². The average molecular weight is 334 g/mol. The van der Waals surface area contributed by atoms with Crippen LogP contribution >= 0.6 is 0 Å². The van der Waals surface area contributed by atoms with E-state index in [4.69, 9.17) is 5.73 Å². The summed E-state index contributed by atoms with van der Waals surface area (Å²) in [6.07, 6.45) is 18.6. The van der Waals surface area contributed by atoms with Crippen LogP contribution in [0, 0.1) is 5.92 Å². The molecule has 1 saturated carbocycles. The third kappa shape index (κ3) is 3.98. The number of hydrogen-bond donors (Lipinski definition) is 1. The molecule has 25 heavy (non-hydrogen) atoms. The normalized spacial score (nSPS) is 19.6. The van der Waals surface area contributed by atoms with E-state index in [1.807, 2.05) is 6.08 Å². The number of allylic oxidation sites excluding steroid dienone is 6. The summed E-state index contributed by atoms with van der Waals surface area (Å²) in [6, 6.07) is 6.51. The third-order valence-electron chi connectivity index (χ3n) is 5.96. The van der Waals surface area contributed by atoms with Gasteiger partial charge in [-0.2, -0.15) is 0 Å². The summed E-state index contributed by atoms with van der Waals surface area (Å²) in [5, 5.41) is 0. The van der Waals surface area contributed by atoms with Crippen LogP contribution in [0.25, 0.3) is 6.08 Å². The third-order valence-corrected chi connectivity index (χ3v) is 5.96.